The minimum absolute atomic E-state index is 0.0143. The van der Waals surface area contributed by atoms with Crippen LogP contribution in [-0.2, 0) is 14.3 Å². The molecule has 2 atom stereocenters. The maximum absolute atomic E-state index is 12.4. The van der Waals surface area contributed by atoms with E-state index in [1.165, 1.54) is 193 Å². The van der Waals surface area contributed by atoms with Crippen LogP contribution in [-0.4, -0.2) is 47.4 Å². The van der Waals surface area contributed by atoms with Gasteiger partial charge in [-0.3, -0.25) is 9.59 Å². The first-order valence-corrected chi connectivity index (χ1v) is 26.8. The highest BCUT2D eigenvalue weighted by molar-refractivity contribution is 5.76. The topological polar surface area (TPSA) is 95.9 Å². The molecule has 0 bridgehead atoms. The summed E-state index contributed by atoms with van der Waals surface area (Å²) in [6.45, 7) is 4.84. The number of unbranched alkanes of at least 4 members (excludes halogenated alkanes) is 34. The molecule has 1 amide bonds. The Balaban J connectivity index is 3.51. The van der Waals surface area contributed by atoms with E-state index in [1.54, 1.807) is 6.08 Å². The van der Waals surface area contributed by atoms with Gasteiger partial charge in [-0.1, -0.05) is 224 Å². The van der Waals surface area contributed by atoms with E-state index in [0.717, 1.165) is 57.8 Å². The van der Waals surface area contributed by atoms with E-state index < -0.39 is 12.1 Å². The first-order chi connectivity index (χ1) is 30.0. The molecule has 0 aromatic heterocycles. The van der Waals surface area contributed by atoms with E-state index in [2.05, 4.69) is 43.5 Å². The van der Waals surface area contributed by atoms with Crippen molar-refractivity contribution in [1.82, 2.24) is 5.32 Å². The third-order valence-electron chi connectivity index (χ3n) is 12.1. The van der Waals surface area contributed by atoms with Gasteiger partial charge in [0.15, 0.2) is 0 Å². The second-order valence-electron chi connectivity index (χ2n) is 18.2. The first-order valence-electron chi connectivity index (χ1n) is 26.8. The lowest BCUT2D eigenvalue weighted by atomic mass is 10.0. The molecule has 6 heteroatoms. The lowest BCUT2D eigenvalue weighted by Crippen LogP contribution is -2.45. The minimum Gasteiger partial charge on any atom is -0.466 e. The summed E-state index contributed by atoms with van der Waals surface area (Å²) in [5.41, 5.74) is 0. The number of allylic oxidation sites excluding steroid dienone is 5. The van der Waals surface area contributed by atoms with E-state index in [-0.39, 0.29) is 18.5 Å². The van der Waals surface area contributed by atoms with Gasteiger partial charge in [0.05, 0.1) is 25.4 Å². The number of aliphatic hydroxyl groups excluding tert-OH is 2. The molecule has 358 valence electrons. The average Bonchev–Trinajstić information content (AvgIpc) is 3.26. The van der Waals surface area contributed by atoms with Crippen molar-refractivity contribution >= 4 is 11.9 Å². The van der Waals surface area contributed by atoms with Gasteiger partial charge in [-0.2, -0.15) is 0 Å². The Kier molecular flexibility index (Phi) is 49.1. The number of amides is 1. The fourth-order valence-corrected chi connectivity index (χ4v) is 7.96. The van der Waals surface area contributed by atoms with Crippen LogP contribution in [0.3, 0.4) is 0 Å². The summed E-state index contributed by atoms with van der Waals surface area (Å²) >= 11 is 0. The van der Waals surface area contributed by atoms with Crippen LogP contribution in [0.2, 0.25) is 0 Å². The van der Waals surface area contributed by atoms with Gasteiger partial charge < -0.3 is 20.3 Å². The first kappa shape index (κ1) is 59.1. The summed E-state index contributed by atoms with van der Waals surface area (Å²) < 4.78 is 5.44. The predicted octanol–water partition coefficient (Wildman–Crippen LogP) is 16.1. The highest BCUT2D eigenvalue weighted by atomic mass is 16.5. The standard InChI is InChI=1S/C55H103NO5/c1-3-5-7-9-11-13-15-16-17-21-24-28-31-35-39-43-47-53(58)52(51-57)56-54(59)48-44-40-36-32-29-25-22-19-18-20-23-26-30-34-38-42-46-50-61-55(60)49-45-41-37-33-27-14-12-10-8-6-4-2/h10,12,18,20,43,47,52-53,57-58H,3-9,11,13-17,19,21-42,44-46,48-51H2,1-2H3,(H,56,59)/b12-10-,20-18-,47-43+. The summed E-state index contributed by atoms with van der Waals surface area (Å²) in [7, 11) is 0. The number of aliphatic hydroxyl groups is 2. The molecular weight excluding hydrogens is 755 g/mol. The highest BCUT2D eigenvalue weighted by Crippen LogP contribution is 2.15. The fourth-order valence-electron chi connectivity index (χ4n) is 7.96. The van der Waals surface area contributed by atoms with Crippen molar-refractivity contribution in [3.05, 3.63) is 36.5 Å². The van der Waals surface area contributed by atoms with Crippen LogP contribution in [0.1, 0.15) is 277 Å². The van der Waals surface area contributed by atoms with Crippen molar-refractivity contribution in [2.75, 3.05) is 13.2 Å². The molecule has 0 aromatic rings. The molecular formula is C55H103NO5. The Labute approximate surface area is 379 Å². The molecule has 0 aromatic carbocycles. The van der Waals surface area contributed by atoms with Gasteiger partial charge in [0.1, 0.15) is 0 Å². The van der Waals surface area contributed by atoms with Gasteiger partial charge in [0, 0.05) is 12.8 Å². The number of hydrogen-bond acceptors (Lipinski definition) is 5. The number of ether oxygens (including phenoxy) is 1. The maximum Gasteiger partial charge on any atom is 0.305 e. The monoisotopic (exact) mass is 858 g/mol. The highest BCUT2D eigenvalue weighted by Gasteiger charge is 2.18. The summed E-state index contributed by atoms with van der Waals surface area (Å²) in [4.78, 5) is 24.4. The number of rotatable bonds is 49. The fraction of sp³-hybridized carbons (Fsp3) is 0.855. The Morgan fingerprint density at radius 1 is 0.443 bits per heavy atom. The van der Waals surface area contributed by atoms with Gasteiger partial charge in [0.2, 0.25) is 5.91 Å². The van der Waals surface area contributed by atoms with Crippen LogP contribution in [0, 0.1) is 0 Å². The Morgan fingerprint density at radius 3 is 1.21 bits per heavy atom. The van der Waals surface area contributed by atoms with Crippen molar-refractivity contribution in [1.29, 1.82) is 0 Å². The zero-order valence-corrected chi connectivity index (χ0v) is 40.6. The van der Waals surface area contributed by atoms with Crippen molar-refractivity contribution in [2.24, 2.45) is 0 Å². The molecule has 3 N–H and O–H groups in total. The summed E-state index contributed by atoms with van der Waals surface area (Å²) in [6.07, 6.45) is 61.5. The van der Waals surface area contributed by atoms with Gasteiger partial charge in [0.25, 0.3) is 0 Å². The van der Waals surface area contributed by atoms with E-state index in [1.807, 2.05) is 6.08 Å². The second kappa shape index (κ2) is 50.7. The number of esters is 1. The van der Waals surface area contributed by atoms with Crippen LogP contribution in [0.5, 0.6) is 0 Å². The molecule has 0 spiro atoms. The van der Waals surface area contributed by atoms with Crippen molar-refractivity contribution in [3.63, 3.8) is 0 Å². The third-order valence-corrected chi connectivity index (χ3v) is 12.1. The van der Waals surface area contributed by atoms with Crippen LogP contribution < -0.4 is 5.32 Å². The SMILES string of the molecule is CCCC/C=C\CCCCCCCC(=O)OCCCCCCCC/C=C\CCCCCCCCCC(=O)NC(CO)C(O)/C=C/CCCCCCCCCCCCCCCC. The van der Waals surface area contributed by atoms with Gasteiger partial charge >= 0.3 is 5.97 Å². The molecule has 0 aliphatic carbocycles. The molecule has 6 nitrogen and oxygen atoms in total. The molecule has 0 radical (unpaired) electrons. The van der Waals surface area contributed by atoms with Crippen LogP contribution in [0.25, 0.3) is 0 Å². The Morgan fingerprint density at radius 2 is 0.787 bits per heavy atom. The molecule has 61 heavy (non-hydrogen) atoms. The summed E-state index contributed by atoms with van der Waals surface area (Å²) in [5.74, 6) is -0.0944. The van der Waals surface area contributed by atoms with Crippen molar-refractivity contribution < 1.29 is 24.5 Å². The normalized spacial score (nSPS) is 12.9. The lowest BCUT2D eigenvalue weighted by molar-refractivity contribution is -0.143. The molecule has 2 unspecified atom stereocenters. The van der Waals surface area contributed by atoms with Crippen LogP contribution >= 0.6 is 0 Å². The van der Waals surface area contributed by atoms with Gasteiger partial charge in [-0.05, 0) is 77.0 Å². The molecule has 0 fully saturated rings. The second-order valence-corrected chi connectivity index (χ2v) is 18.2. The van der Waals surface area contributed by atoms with Crippen molar-refractivity contribution in [2.45, 2.75) is 289 Å². The molecule has 0 heterocycles. The largest absolute Gasteiger partial charge is 0.466 e. The van der Waals surface area contributed by atoms with E-state index in [4.69, 9.17) is 4.74 Å². The average molecular weight is 858 g/mol. The minimum atomic E-state index is -0.852. The molecule has 0 aliphatic heterocycles. The predicted molar refractivity (Wildman–Crippen MR) is 264 cm³/mol. The molecule has 0 saturated heterocycles. The Bertz CT molecular complexity index is 993. The van der Waals surface area contributed by atoms with Crippen LogP contribution in [0.4, 0.5) is 0 Å². The van der Waals surface area contributed by atoms with Crippen LogP contribution in [0.15, 0.2) is 36.5 Å². The van der Waals surface area contributed by atoms with E-state index in [9.17, 15) is 19.8 Å². The molecule has 0 rings (SSSR count). The maximum atomic E-state index is 12.4. The number of hydrogen-bond donors (Lipinski definition) is 3. The number of carbonyl (C=O) groups is 2. The number of carbonyl (C=O) groups excluding carboxylic acids is 2. The van der Waals surface area contributed by atoms with E-state index >= 15 is 0 Å². The summed E-state index contributed by atoms with van der Waals surface area (Å²) in [5, 5.41) is 23.1. The zero-order chi connectivity index (χ0) is 44.4. The Hall–Kier alpha value is -1.92. The molecule has 0 aliphatic rings. The van der Waals surface area contributed by atoms with Gasteiger partial charge in [-0.15, -0.1) is 0 Å². The quantitative estimate of drug-likeness (QED) is 0.0322. The third kappa shape index (κ3) is 47.4. The summed E-state index contributed by atoms with van der Waals surface area (Å²) in [6, 6.07) is -0.637. The van der Waals surface area contributed by atoms with E-state index in [0.29, 0.717) is 19.4 Å². The zero-order valence-electron chi connectivity index (χ0n) is 40.6. The smallest absolute Gasteiger partial charge is 0.305 e. The van der Waals surface area contributed by atoms with Gasteiger partial charge in [-0.25, -0.2) is 0 Å². The lowest BCUT2D eigenvalue weighted by Gasteiger charge is -2.20. The molecule has 0 saturated carbocycles. The van der Waals surface area contributed by atoms with Crippen molar-refractivity contribution in [3.8, 4) is 0 Å². The number of nitrogens with one attached hydrogen (secondary N) is 1.